The average Bonchev–Trinajstić information content (AvgIpc) is 3.34. The summed E-state index contributed by atoms with van der Waals surface area (Å²) in [6, 6.07) is 8.08. The molecule has 0 aliphatic carbocycles. The third-order valence-corrected chi connectivity index (χ3v) is 4.98. The predicted octanol–water partition coefficient (Wildman–Crippen LogP) is 1.86. The van der Waals surface area contributed by atoms with E-state index in [0.717, 1.165) is 28.5 Å². The highest BCUT2D eigenvalue weighted by atomic mass is 16.2. The second-order valence-electron chi connectivity index (χ2n) is 6.77. The Labute approximate surface area is 151 Å². The van der Waals surface area contributed by atoms with Gasteiger partial charge in [0.05, 0.1) is 6.20 Å². The number of benzene rings is 1. The molecule has 132 valence electrons. The molecule has 7 heteroatoms. The highest BCUT2D eigenvalue weighted by molar-refractivity contribution is 5.99. The van der Waals surface area contributed by atoms with Crippen LogP contribution in [0.2, 0.25) is 0 Å². The summed E-state index contributed by atoms with van der Waals surface area (Å²) in [6.45, 7) is 1.28. The summed E-state index contributed by atoms with van der Waals surface area (Å²) in [5.41, 5.74) is 3.74. The lowest BCUT2D eigenvalue weighted by molar-refractivity contribution is 0.0931. The van der Waals surface area contributed by atoms with E-state index in [-0.39, 0.29) is 11.9 Å². The molecule has 1 N–H and O–H groups in total. The van der Waals surface area contributed by atoms with Crippen molar-refractivity contribution in [3.05, 3.63) is 42.4 Å². The Morgan fingerprint density at radius 3 is 2.85 bits per heavy atom. The van der Waals surface area contributed by atoms with Gasteiger partial charge in [-0.2, -0.15) is 10.4 Å². The summed E-state index contributed by atoms with van der Waals surface area (Å²) < 4.78 is 3.69. The molecule has 1 atom stereocenters. The number of aromatic nitrogens is 3. The first-order valence-corrected chi connectivity index (χ1v) is 8.59. The Hall–Kier alpha value is -3.27. The van der Waals surface area contributed by atoms with Crippen LogP contribution >= 0.6 is 0 Å². The number of hydrogen-bond acceptors (Lipinski definition) is 4. The Morgan fingerprint density at radius 2 is 2.15 bits per heavy atom. The van der Waals surface area contributed by atoms with Crippen LogP contribution in [0.4, 0.5) is 0 Å². The highest BCUT2D eigenvalue weighted by Crippen LogP contribution is 2.26. The third kappa shape index (κ3) is 2.80. The van der Waals surface area contributed by atoms with E-state index in [2.05, 4.69) is 22.7 Å². The van der Waals surface area contributed by atoms with Gasteiger partial charge in [-0.1, -0.05) is 12.1 Å². The van der Waals surface area contributed by atoms with Crippen LogP contribution in [-0.4, -0.2) is 44.3 Å². The molecule has 1 saturated heterocycles. The average molecular weight is 348 g/mol. The van der Waals surface area contributed by atoms with Gasteiger partial charge in [0, 0.05) is 55.9 Å². The van der Waals surface area contributed by atoms with Gasteiger partial charge in [0.25, 0.3) is 5.91 Å². The lowest BCUT2D eigenvalue weighted by Crippen LogP contribution is -2.37. The number of nitriles is 1. The van der Waals surface area contributed by atoms with E-state index in [1.54, 1.807) is 9.58 Å². The van der Waals surface area contributed by atoms with Crippen molar-refractivity contribution in [2.75, 3.05) is 13.1 Å². The molecule has 3 heterocycles. The summed E-state index contributed by atoms with van der Waals surface area (Å²) in [5, 5.41) is 17.2. The van der Waals surface area contributed by atoms with Crippen LogP contribution in [-0.2, 0) is 14.1 Å². The smallest absolute Gasteiger partial charge is 0.268 e. The number of nitrogens with one attached hydrogen (secondary N) is 1. The molecule has 1 fully saturated rings. The normalized spacial score (nSPS) is 16.8. The summed E-state index contributed by atoms with van der Waals surface area (Å²) >= 11 is 0. The topological polar surface area (TPSA) is 78.9 Å². The van der Waals surface area contributed by atoms with Crippen LogP contribution in [0.5, 0.6) is 0 Å². The van der Waals surface area contributed by atoms with E-state index < -0.39 is 0 Å². The zero-order chi connectivity index (χ0) is 18.3. The van der Waals surface area contributed by atoms with Crippen molar-refractivity contribution < 1.29 is 4.79 Å². The molecule has 3 aromatic rings. The minimum absolute atomic E-state index is 0.0196. The second kappa shape index (κ2) is 6.23. The van der Waals surface area contributed by atoms with Crippen molar-refractivity contribution in [1.29, 1.82) is 5.26 Å². The molecule has 7 nitrogen and oxygen atoms in total. The minimum Gasteiger partial charge on any atom is -0.346 e. The number of likely N-dealkylation sites (tertiary alicyclic amines) is 1. The van der Waals surface area contributed by atoms with Crippen LogP contribution < -0.4 is 5.32 Å². The van der Waals surface area contributed by atoms with E-state index in [1.807, 2.05) is 49.3 Å². The number of amides is 1. The van der Waals surface area contributed by atoms with Crippen LogP contribution in [0.3, 0.4) is 0 Å². The number of rotatable bonds is 3. The molecule has 1 aromatic carbocycles. The number of nitrogens with zero attached hydrogens (tertiary/aromatic N) is 5. The summed E-state index contributed by atoms with van der Waals surface area (Å²) in [4.78, 5) is 14.4. The zero-order valence-corrected chi connectivity index (χ0v) is 14.8. The number of hydrogen-bond donors (Lipinski definition) is 1. The van der Waals surface area contributed by atoms with E-state index in [4.69, 9.17) is 5.26 Å². The van der Waals surface area contributed by atoms with Crippen molar-refractivity contribution in [2.45, 2.75) is 12.5 Å². The fraction of sp³-hybridized carbons (Fsp3) is 0.316. The quantitative estimate of drug-likeness (QED) is 0.733. The maximum atomic E-state index is 12.7. The van der Waals surface area contributed by atoms with Gasteiger partial charge in [-0.15, -0.1) is 0 Å². The molecule has 0 unspecified atom stereocenters. The molecule has 4 rings (SSSR count). The summed E-state index contributed by atoms with van der Waals surface area (Å²) in [5.74, 6) is -0.101. The molecule has 2 aromatic heterocycles. The van der Waals surface area contributed by atoms with Gasteiger partial charge >= 0.3 is 0 Å². The van der Waals surface area contributed by atoms with Gasteiger partial charge < -0.3 is 14.8 Å². The van der Waals surface area contributed by atoms with Gasteiger partial charge in [-0.05, 0) is 24.1 Å². The predicted molar refractivity (Wildman–Crippen MR) is 98.2 cm³/mol. The van der Waals surface area contributed by atoms with Crippen molar-refractivity contribution in [3.63, 3.8) is 0 Å². The third-order valence-electron chi connectivity index (χ3n) is 4.98. The Bertz CT molecular complexity index is 1020. The maximum Gasteiger partial charge on any atom is 0.268 e. The summed E-state index contributed by atoms with van der Waals surface area (Å²) in [6.07, 6.45) is 6.74. The zero-order valence-electron chi connectivity index (χ0n) is 14.8. The monoisotopic (exact) mass is 348 g/mol. The number of fused-ring (bicyclic) bond motifs is 1. The molecule has 1 aliphatic heterocycles. The van der Waals surface area contributed by atoms with Crippen LogP contribution in [0.1, 0.15) is 16.9 Å². The Morgan fingerprint density at radius 1 is 1.31 bits per heavy atom. The van der Waals surface area contributed by atoms with E-state index in [9.17, 15) is 4.79 Å². The highest BCUT2D eigenvalue weighted by Gasteiger charge is 2.24. The first-order chi connectivity index (χ1) is 12.5. The second-order valence-corrected chi connectivity index (χ2v) is 6.77. The molecule has 1 amide bonds. The lowest BCUT2D eigenvalue weighted by Gasteiger charge is -2.12. The number of aryl methyl sites for hydroxylation is 2. The van der Waals surface area contributed by atoms with E-state index >= 15 is 0 Å². The van der Waals surface area contributed by atoms with Crippen LogP contribution in [0.15, 0.2) is 36.7 Å². The lowest BCUT2D eigenvalue weighted by atomic mass is 10.1. The SMILES string of the molecule is Cn1cc(-c2ccc3cc(C(=O)N[C@@H]4CCN(C#N)C4)n(C)c3c2)cn1. The Kier molecular flexibility index (Phi) is 3.88. The molecule has 26 heavy (non-hydrogen) atoms. The van der Waals surface area contributed by atoms with E-state index in [1.165, 1.54) is 0 Å². The van der Waals surface area contributed by atoms with Gasteiger partial charge in [0.15, 0.2) is 6.19 Å². The van der Waals surface area contributed by atoms with Crippen LogP contribution in [0, 0.1) is 11.5 Å². The molecule has 0 spiro atoms. The molecule has 1 aliphatic rings. The van der Waals surface area contributed by atoms with Gasteiger partial charge in [0.1, 0.15) is 5.69 Å². The van der Waals surface area contributed by atoms with Crippen molar-refractivity contribution in [3.8, 4) is 17.3 Å². The van der Waals surface area contributed by atoms with Crippen LogP contribution in [0.25, 0.3) is 22.0 Å². The molecular formula is C19H20N6O. The first kappa shape index (κ1) is 16.2. The van der Waals surface area contributed by atoms with Crippen molar-refractivity contribution >= 4 is 16.8 Å². The van der Waals surface area contributed by atoms with Crippen molar-refractivity contribution in [2.24, 2.45) is 14.1 Å². The molecule has 0 saturated carbocycles. The fourth-order valence-electron chi connectivity index (χ4n) is 3.53. The largest absolute Gasteiger partial charge is 0.346 e. The first-order valence-electron chi connectivity index (χ1n) is 8.59. The van der Waals surface area contributed by atoms with Gasteiger partial charge in [-0.3, -0.25) is 9.48 Å². The maximum absolute atomic E-state index is 12.7. The van der Waals surface area contributed by atoms with Gasteiger partial charge in [0.2, 0.25) is 0 Å². The van der Waals surface area contributed by atoms with E-state index in [0.29, 0.717) is 18.8 Å². The summed E-state index contributed by atoms with van der Waals surface area (Å²) in [7, 11) is 3.80. The van der Waals surface area contributed by atoms with Crippen molar-refractivity contribution in [1.82, 2.24) is 24.6 Å². The van der Waals surface area contributed by atoms with Gasteiger partial charge in [-0.25, -0.2) is 0 Å². The molecule has 0 radical (unpaired) electrons. The standard InChI is InChI=1S/C19H20N6O/c1-23-10-15(9-21-23)13-3-4-14-8-18(24(2)17(14)7-13)19(26)22-16-5-6-25(11-16)12-20/h3-4,7-10,16H,5-6,11H2,1-2H3,(H,22,26)/t16-/m1/s1. The number of carbonyl (C=O) groups excluding carboxylic acids is 1. The number of carbonyl (C=O) groups is 1. The fourth-order valence-corrected chi connectivity index (χ4v) is 3.53. The molecule has 0 bridgehead atoms. The Balaban J connectivity index is 1.61. The molecular weight excluding hydrogens is 328 g/mol. The minimum atomic E-state index is -0.101.